The summed E-state index contributed by atoms with van der Waals surface area (Å²) >= 11 is 0. The van der Waals surface area contributed by atoms with Crippen molar-refractivity contribution in [1.82, 2.24) is 10.3 Å². The summed E-state index contributed by atoms with van der Waals surface area (Å²) in [6, 6.07) is 5.15. The van der Waals surface area contributed by atoms with E-state index in [1.807, 2.05) is 6.07 Å². The van der Waals surface area contributed by atoms with E-state index in [-0.39, 0.29) is 12.0 Å². The van der Waals surface area contributed by atoms with Crippen LogP contribution in [0.4, 0.5) is 0 Å². The molecule has 1 aromatic heterocycles. The molecular weight excluding hydrogens is 254 g/mol. The third-order valence-electron chi connectivity index (χ3n) is 3.96. The highest BCUT2D eigenvalue weighted by molar-refractivity contribution is 5.92. The van der Waals surface area contributed by atoms with Crippen LogP contribution in [0.1, 0.15) is 54.7 Å². The van der Waals surface area contributed by atoms with Crippen molar-refractivity contribution in [2.24, 2.45) is 5.92 Å². The normalized spacial score (nSPS) is 22.2. The molecule has 3 N–H and O–H groups in total. The first-order valence-corrected chi connectivity index (χ1v) is 7.26. The van der Waals surface area contributed by atoms with Crippen molar-refractivity contribution in [2.75, 3.05) is 6.54 Å². The number of carbonyl (C=O) groups excluding carboxylic acids is 1. The third-order valence-corrected chi connectivity index (χ3v) is 3.96. The van der Waals surface area contributed by atoms with E-state index in [0.29, 0.717) is 23.9 Å². The zero-order valence-electron chi connectivity index (χ0n) is 11.6. The van der Waals surface area contributed by atoms with Crippen LogP contribution in [0.5, 0.6) is 0 Å². The average Bonchev–Trinajstić information content (AvgIpc) is 2.94. The number of hydrogen-bond acceptors (Lipinski definition) is 3. The van der Waals surface area contributed by atoms with Crippen LogP contribution in [0.25, 0.3) is 0 Å². The maximum atomic E-state index is 11.8. The molecule has 1 heterocycles. The predicted octanol–water partition coefficient (Wildman–Crippen LogP) is 1.95. The summed E-state index contributed by atoms with van der Waals surface area (Å²) in [5, 5.41) is 21.4. The van der Waals surface area contributed by atoms with Crippen molar-refractivity contribution < 1.29 is 9.90 Å². The van der Waals surface area contributed by atoms with Crippen LogP contribution < -0.4 is 5.32 Å². The SMILES string of the molecule is N#Cc1ccc(C(=O)NCCCC2CCCCC2O)[nH]1. The Morgan fingerprint density at radius 2 is 2.25 bits per heavy atom. The van der Waals surface area contributed by atoms with Crippen LogP contribution >= 0.6 is 0 Å². The number of hydrogen-bond donors (Lipinski definition) is 3. The number of amides is 1. The monoisotopic (exact) mass is 275 g/mol. The average molecular weight is 275 g/mol. The van der Waals surface area contributed by atoms with E-state index in [1.165, 1.54) is 6.42 Å². The Bertz CT molecular complexity index is 490. The molecule has 0 spiro atoms. The molecule has 0 bridgehead atoms. The van der Waals surface area contributed by atoms with Gasteiger partial charge in [0.25, 0.3) is 5.91 Å². The summed E-state index contributed by atoms with van der Waals surface area (Å²) in [4.78, 5) is 14.5. The van der Waals surface area contributed by atoms with Crippen molar-refractivity contribution >= 4 is 5.91 Å². The van der Waals surface area contributed by atoms with E-state index in [1.54, 1.807) is 12.1 Å². The molecule has 1 aliphatic rings. The van der Waals surface area contributed by atoms with Gasteiger partial charge in [0, 0.05) is 6.54 Å². The molecule has 0 aliphatic heterocycles. The second-order valence-corrected chi connectivity index (χ2v) is 5.41. The van der Waals surface area contributed by atoms with Crippen molar-refractivity contribution in [3.63, 3.8) is 0 Å². The second kappa shape index (κ2) is 7.11. The van der Waals surface area contributed by atoms with Gasteiger partial charge in [-0.15, -0.1) is 0 Å². The van der Waals surface area contributed by atoms with Gasteiger partial charge in [0.1, 0.15) is 17.5 Å². The van der Waals surface area contributed by atoms with Gasteiger partial charge in [0.05, 0.1) is 6.10 Å². The molecule has 2 atom stereocenters. The van der Waals surface area contributed by atoms with E-state index in [4.69, 9.17) is 5.26 Å². The molecule has 5 nitrogen and oxygen atoms in total. The van der Waals surface area contributed by atoms with Crippen LogP contribution in [-0.2, 0) is 0 Å². The number of aromatic nitrogens is 1. The molecule has 2 rings (SSSR count). The van der Waals surface area contributed by atoms with Gasteiger partial charge in [-0.2, -0.15) is 5.26 Å². The predicted molar refractivity (Wildman–Crippen MR) is 75.0 cm³/mol. The number of aliphatic hydroxyl groups is 1. The van der Waals surface area contributed by atoms with Crippen molar-refractivity contribution in [3.05, 3.63) is 23.5 Å². The highest BCUT2D eigenvalue weighted by Gasteiger charge is 2.22. The minimum atomic E-state index is -0.185. The number of nitrogens with one attached hydrogen (secondary N) is 2. The Morgan fingerprint density at radius 3 is 2.95 bits per heavy atom. The molecule has 1 amide bonds. The maximum absolute atomic E-state index is 11.8. The van der Waals surface area contributed by atoms with Crippen LogP contribution in [0.2, 0.25) is 0 Å². The Hall–Kier alpha value is -1.80. The highest BCUT2D eigenvalue weighted by atomic mass is 16.3. The molecule has 0 saturated heterocycles. The van der Waals surface area contributed by atoms with E-state index >= 15 is 0 Å². The Kier molecular flexibility index (Phi) is 5.19. The van der Waals surface area contributed by atoms with Crippen molar-refractivity contribution in [2.45, 2.75) is 44.6 Å². The quantitative estimate of drug-likeness (QED) is 0.717. The van der Waals surface area contributed by atoms with Gasteiger partial charge in [0.15, 0.2) is 0 Å². The van der Waals surface area contributed by atoms with Gasteiger partial charge in [0.2, 0.25) is 0 Å². The van der Waals surface area contributed by atoms with E-state index in [2.05, 4.69) is 10.3 Å². The van der Waals surface area contributed by atoms with Gasteiger partial charge in [-0.1, -0.05) is 12.8 Å². The zero-order chi connectivity index (χ0) is 14.4. The van der Waals surface area contributed by atoms with Gasteiger partial charge >= 0.3 is 0 Å². The Balaban J connectivity index is 1.68. The second-order valence-electron chi connectivity index (χ2n) is 5.41. The standard InChI is InChI=1S/C15H21N3O2/c16-10-12-7-8-13(18-12)15(20)17-9-3-5-11-4-1-2-6-14(11)19/h7-8,11,14,18-19H,1-6,9H2,(H,17,20). The van der Waals surface area contributed by atoms with Gasteiger partial charge in [-0.25, -0.2) is 0 Å². The molecule has 2 unspecified atom stereocenters. The fourth-order valence-electron chi connectivity index (χ4n) is 2.78. The van der Waals surface area contributed by atoms with Crippen LogP contribution in [0, 0.1) is 17.2 Å². The number of carbonyl (C=O) groups is 1. The number of aromatic amines is 1. The molecule has 108 valence electrons. The highest BCUT2D eigenvalue weighted by Crippen LogP contribution is 2.27. The molecule has 20 heavy (non-hydrogen) atoms. The van der Waals surface area contributed by atoms with Crippen LogP contribution in [0.15, 0.2) is 12.1 Å². The zero-order valence-corrected chi connectivity index (χ0v) is 11.6. The molecule has 1 aromatic rings. The fourth-order valence-corrected chi connectivity index (χ4v) is 2.78. The number of aliphatic hydroxyl groups excluding tert-OH is 1. The van der Waals surface area contributed by atoms with Gasteiger partial charge in [-0.05, 0) is 43.7 Å². The number of H-pyrrole nitrogens is 1. The van der Waals surface area contributed by atoms with Crippen molar-refractivity contribution in [1.29, 1.82) is 5.26 Å². The van der Waals surface area contributed by atoms with E-state index < -0.39 is 0 Å². The minimum absolute atomic E-state index is 0.166. The van der Waals surface area contributed by atoms with Crippen LogP contribution in [-0.4, -0.2) is 28.6 Å². The molecule has 0 radical (unpaired) electrons. The maximum Gasteiger partial charge on any atom is 0.267 e. The lowest BCUT2D eigenvalue weighted by atomic mass is 9.83. The lowest BCUT2D eigenvalue weighted by molar-refractivity contribution is 0.0641. The first-order chi connectivity index (χ1) is 9.70. The fraction of sp³-hybridized carbons (Fsp3) is 0.600. The molecular formula is C15H21N3O2. The summed E-state index contributed by atoms with van der Waals surface area (Å²) in [6.45, 7) is 0.600. The Labute approximate surface area is 119 Å². The van der Waals surface area contributed by atoms with Gasteiger partial charge in [-0.3, -0.25) is 4.79 Å². The number of nitrogens with zero attached hydrogens (tertiary/aromatic N) is 1. The Morgan fingerprint density at radius 1 is 1.45 bits per heavy atom. The molecule has 5 heteroatoms. The lowest BCUT2D eigenvalue weighted by Gasteiger charge is -2.27. The number of rotatable bonds is 5. The smallest absolute Gasteiger partial charge is 0.267 e. The topological polar surface area (TPSA) is 88.9 Å². The summed E-state index contributed by atoms with van der Waals surface area (Å²) < 4.78 is 0. The molecule has 0 aromatic carbocycles. The van der Waals surface area contributed by atoms with Crippen molar-refractivity contribution in [3.8, 4) is 6.07 Å². The molecule has 1 fully saturated rings. The summed E-state index contributed by atoms with van der Waals surface area (Å²) in [7, 11) is 0. The van der Waals surface area contributed by atoms with Gasteiger partial charge < -0.3 is 15.4 Å². The van der Waals surface area contributed by atoms with E-state index in [0.717, 1.165) is 32.1 Å². The summed E-state index contributed by atoms with van der Waals surface area (Å²) in [6.07, 6.45) is 6.00. The number of nitriles is 1. The third kappa shape index (κ3) is 3.84. The minimum Gasteiger partial charge on any atom is -0.393 e. The summed E-state index contributed by atoms with van der Waals surface area (Å²) in [5.41, 5.74) is 0.805. The first kappa shape index (κ1) is 14.6. The van der Waals surface area contributed by atoms with E-state index in [9.17, 15) is 9.90 Å². The lowest BCUT2D eigenvalue weighted by Crippen LogP contribution is -2.28. The van der Waals surface area contributed by atoms with Crippen LogP contribution in [0.3, 0.4) is 0 Å². The molecule has 1 saturated carbocycles. The largest absolute Gasteiger partial charge is 0.393 e. The first-order valence-electron chi connectivity index (χ1n) is 7.26. The molecule has 1 aliphatic carbocycles. The summed E-state index contributed by atoms with van der Waals surface area (Å²) in [5.74, 6) is 0.201.